The Kier molecular flexibility index (Phi) is 2.05. The average Bonchev–Trinajstić information content (AvgIpc) is 1.94. The van der Waals surface area contributed by atoms with E-state index in [0.717, 1.165) is 16.6 Å². The highest BCUT2D eigenvalue weighted by Gasteiger charge is 2.24. The normalized spacial score (nSPS) is 28.3. The van der Waals surface area contributed by atoms with Gasteiger partial charge >= 0.3 is 0 Å². The summed E-state index contributed by atoms with van der Waals surface area (Å²) < 4.78 is 0.914. The molecule has 0 spiro atoms. The first kappa shape index (κ1) is 8.34. The fraction of sp³-hybridized carbons (Fsp3) is 0.556. The summed E-state index contributed by atoms with van der Waals surface area (Å²) in [6.45, 7) is 2.19. The molecular formula is C9H17N2+. The molecule has 0 aromatic carbocycles. The van der Waals surface area contributed by atoms with Gasteiger partial charge in [0.15, 0.2) is 0 Å². The van der Waals surface area contributed by atoms with Crippen molar-refractivity contribution >= 4 is 0 Å². The molecule has 0 bridgehead atoms. The molecule has 0 aliphatic carbocycles. The van der Waals surface area contributed by atoms with Gasteiger partial charge in [0.1, 0.15) is 6.04 Å². The zero-order valence-electron chi connectivity index (χ0n) is 7.54. The Hall–Kier alpha value is -0.760. The highest BCUT2D eigenvalue weighted by atomic mass is 15.3. The summed E-state index contributed by atoms with van der Waals surface area (Å²) in [5.74, 6) is 0. The van der Waals surface area contributed by atoms with E-state index in [4.69, 9.17) is 5.73 Å². The van der Waals surface area contributed by atoms with Crippen molar-refractivity contribution < 1.29 is 4.48 Å². The third kappa shape index (κ3) is 1.63. The van der Waals surface area contributed by atoms with Crippen LogP contribution in [0.4, 0.5) is 0 Å². The first-order valence-electron chi connectivity index (χ1n) is 4.06. The van der Waals surface area contributed by atoms with Gasteiger partial charge in [0.2, 0.25) is 0 Å². The van der Waals surface area contributed by atoms with Crippen LogP contribution < -0.4 is 5.73 Å². The molecule has 2 nitrogen and oxygen atoms in total. The summed E-state index contributed by atoms with van der Waals surface area (Å²) in [6.07, 6.45) is 7.40. The average molecular weight is 153 g/mol. The largest absolute Gasteiger partial charge is 0.399 e. The molecule has 0 saturated heterocycles. The molecule has 0 aromatic heterocycles. The number of rotatable bonds is 1. The van der Waals surface area contributed by atoms with Crippen LogP contribution in [-0.2, 0) is 0 Å². The molecule has 2 heteroatoms. The van der Waals surface area contributed by atoms with Gasteiger partial charge in [-0.05, 0) is 6.08 Å². The maximum atomic E-state index is 5.69. The summed E-state index contributed by atoms with van der Waals surface area (Å²) in [4.78, 5) is 0. The van der Waals surface area contributed by atoms with E-state index in [9.17, 15) is 0 Å². The van der Waals surface area contributed by atoms with Crippen LogP contribution in [0.15, 0.2) is 24.0 Å². The van der Waals surface area contributed by atoms with Crippen LogP contribution in [0.5, 0.6) is 0 Å². The topological polar surface area (TPSA) is 26.0 Å². The summed E-state index contributed by atoms with van der Waals surface area (Å²) in [6, 6.07) is 0.542. The van der Waals surface area contributed by atoms with Gasteiger partial charge in [0.25, 0.3) is 0 Å². The third-order valence-corrected chi connectivity index (χ3v) is 2.31. The number of nitrogens with zero attached hydrogens (tertiary/aromatic N) is 1. The number of hydrogen-bond acceptors (Lipinski definition) is 1. The van der Waals surface area contributed by atoms with Crippen LogP contribution in [0.3, 0.4) is 0 Å². The molecule has 0 amide bonds. The molecular weight excluding hydrogens is 136 g/mol. The molecule has 1 rings (SSSR count). The molecule has 0 fully saturated rings. The van der Waals surface area contributed by atoms with Gasteiger partial charge in [0.05, 0.1) is 20.3 Å². The van der Waals surface area contributed by atoms with Crippen molar-refractivity contribution in [3.05, 3.63) is 24.0 Å². The lowest BCUT2D eigenvalue weighted by Gasteiger charge is -2.34. The second-order valence-electron chi connectivity index (χ2n) is 3.59. The molecule has 0 aromatic rings. The molecule has 0 saturated carbocycles. The fourth-order valence-electron chi connectivity index (χ4n) is 1.45. The minimum Gasteiger partial charge on any atom is -0.399 e. The predicted octanol–water partition coefficient (Wildman–Crippen LogP) is 1.21. The molecule has 1 unspecified atom stereocenters. The second-order valence-corrected chi connectivity index (χ2v) is 3.59. The maximum absolute atomic E-state index is 5.69. The first-order valence-corrected chi connectivity index (χ1v) is 4.06. The lowest BCUT2D eigenvalue weighted by atomic mass is 10.1. The van der Waals surface area contributed by atoms with Crippen LogP contribution in [0.2, 0.25) is 0 Å². The van der Waals surface area contributed by atoms with Crippen molar-refractivity contribution in [2.45, 2.75) is 19.4 Å². The van der Waals surface area contributed by atoms with Crippen molar-refractivity contribution in [2.75, 3.05) is 14.1 Å². The fourth-order valence-corrected chi connectivity index (χ4v) is 1.45. The van der Waals surface area contributed by atoms with Gasteiger partial charge in [-0.3, -0.25) is 4.48 Å². The van der Waals surface area contributed by atoms with Crippen molar-refractivity contribution in [1.82, 2.24) is 0 Å². The van der Waals surface area contributed by atoms with Crippen LogP contribution in [-0.4, -0.2) is 24.6 Å². The van der Waals surface area contributed by atoms with Crippen molar-refractivity contribution in [2.24, 2.45) is 5.73 Å². The quantitative estimate of drug-likeness (QED) is 0.563. The zero-order chi connectivity index (χ0) is 8.48. The Bertz CT molecular complexity index is 202. The van der Waals surface area contributed by atoms with E-state index in [0.29, 0.717) is 6.04 Å². The minimum absolute atomic E-state index is 0.542. The van der Waals surface area contributed by atoms with Gasteiger partial charge in [-0.25, -0.2) is 0 Å². The third-order valence-electron chi connectivity index (χ3n) is 2.31. The molecule has 62 valence electrons. The molecule has 1 atom stereocenters. The zero-order valence-corrected chi connectivity index (χ0v) is 7.54. The summed E-state index contributed by atoms with van der Waals surface area (Å²) in [7, 11) is 4.38. The Labute approximate surface area is 68.6 Å². The van der Waals surface area contributed by atoms with E-state index in [-0.39, 0.29) is 0 Å². The monoisotopic (exact) mass is 153 g/mol. The lowest BCUT2D eigenvalue weighted by molar-refractivity contribution is -0.859. The van der Waals surface area contributed by atoms with Crippen molar-refractivity contribution in [1.29, 1.82) is 0 Å². The predicted molar refractivity (Wildman–Crippen MR) is 47.6 cm³/mol. The number of nitrogens with two attached hydrogens (primary N) is 1. The van der Waals surface area contributed by atoms with E-state index in [1.165, 1.54) is 0 Å². The van der Waals surface area contributed by atoms with Crippen LogP contribution >= 0.6 is 0 Å². The standard InChI is InChI=1S/C9H17N2/c1-4-9-7-8(10)5-6-11(9,2)3/h5-7,9H,4,10H2,1-3H3/q+1. The Balaban J connectivity index is 2.84. The molecule has 1 aliphatic rings. The van der Waals surface area contributed by atoms with Crippen LogP contribution in [0.1, 0.15) is 13.3 Å². The van der Waals surface area contributed by atoms with E-state index in [1.54, 1.807) is 0 Å². The van der Waals surface area contributed by atoms with Crippen LogP contribution in [0, 0.1) is 0 Å². The van der Waals surface area contributed by atoms with E-state index >= 15 is 0 Å². The minimum atomic E-state index is 0.542. The van der Waals surface area contributed by atoms with Gasteiger partial charge in [-0.2, -0.15) is 0 Å². The van der Waals surface area contributed by atoms with E-state index in [2.05, 4.69) is 33.3 Å². The Morgan fingerprint density at radius 1 is 1.55 bits per heavy atom. The first-order chi connectivity index (χ1) is 5.06. The molecule has 1 heterocycles. The molecule has 2 N–H and O–H groups in total. The summed E-state index contributed by atoms with van der Waals surface area (Å²) in [5.41, 5.74) is 6.58. The molecule has 11 heavy (non-hydrogen) atoms. The van der Waals surface area contributed by atoms with Gasteiger partial charge in [0, 0.05) is 18.2 Å². The number of likely N-dealkylation sites (N-methyl/N-ethyl adjacent to an activating group) is 1. The Morgan fingerprint density at radius 3 is 2.64 bits per heavy atom. The van der Waals surface area contributed by atoms with Crippen molar-refractivity contribution in [3.63, 3.8) is 0 Å². The Morgan fingerprint density at radius 2 is 2.18 bits per heavy atom. The number of allylic oxidation sites excluding steroid dienone is 1. The van der Waals surface area contributed by atoms with Crippen LogP contribution in [0.25, 0.3) is 0 Å². The summed E-state index contributed by atoms with van der Waals surface area (Å²) in [5, 5.41) is 0. The summed E-state index contributed by atoms with van der Waals surface area (Å²) >= 11 is 0. The number of quaternary nitrogens is 1. The van der Waals surface area contributed by atoms with Gasteiger partial charge < -0.3 is 5.73 Å². The van der Waals surface area contributed by atoms with Gasteiger partial charge in [-0.15, -0.1) is 0 Å². The lowest BCUT2D eigenvalue weighted by Crippen LogP contribution is -2.44. The van der Waals surface area contributed by atoms with Crippen molar-refractivity contribution in [3.8, 4) is 0 Å². The highest BCUT2D eigenvalue weighted by molar-refractivity contribution is 5.18. The SMILES string of the molecule is CCC1C=C(N)C=C[N+]1(C)C. The maximum Gasteiger partial charge on any atom is 0.113 e. The number of hydrogen-bond donors (Lipinski definition) is 1. The smallest absolute Gasteiger partial charge is 0.113 e. The highest BCUT2D eigenvalue weighted by Crippen LogP contribution is 2.18. The second kappa shape index (κ2) is 2.70. The van der Waals surface area contributed by atoms with E-state index in [1.807, 2.05) is 6.08 Å². The molecule has 1 aliphatic heterocycles. The van der Waals surface area contributed by atoms with Gasteiger partial charge in [-0.1, -0.05) is 6.92 Å². The van der Waals surface area contributed by atoms with E-state index < -0.39 is 0 Å². The molecule has 0 radical (unpaired) electrons.